The molecule has 1 atom stereocenters. The fourth-order valence-electron chi connectivity index (χ4n) is 1.85. The zero-order valence-electron chi connectivity index (χ0n) is 9.91. The van der Waals surface area contributed by atoms with Gasteiger partial charge in [0.15, 0.2) is 23.3 Å². The van der Waals surface area contributed by atoms with E-state index < -0.39 is 46.7 Å². The highest BCUT2D eigenvalue weighted by Gasteiger charge is 2.32. The summed E-state index contributed by atoms with van der Waals surface area (Å²) in [7, 11) is 0. The predicted octanol–water partition coefficient (Wildman–Crippen LogP) is 3.85. The van der Waals surface area contributed by atoms with Gasteiger partial charge in [-0.05, 0) is 5.92 Å². The van der Waals surface area contributed by atoms with Crippen molar-refractivity contribution in [1.82, 2.24) is 0 Å². The fraction of sp³-hybridized carbons (Fsp3) is 0.500. The van der Waals surface area contributed by atoms with Gasteiger partial charge in [0, 0.05) is 0 Å². The van der Waals surface area contributed by atoms with Crippen molar-refractivity contribution in [3.05, 3.63) is 34.6 Å². The van der Waals surface area contributed by atoms with Gasteiger partial charge in [-0.15, -0.1) is 0 Å². The van der Waals surface area contributed by atoms with E-state index in [1.165, 1.54) is 0 Å². The van der Waals surface area contributed by atoms with Crippen LogP contribution in [0.2, 0.25) is 0 Å². The van der Waals surface area contributed by atoms with Gasteiger partial charge in [0.25, 0.3) is 0 Å². The van der Waals surface area contributed by atoms with E-state index in [4.69, 9.17) is 0 Å². The molecule has 0 amide bonds. The first-order valence-electron chi connectivity index (χ1n) is 5.56. The van der Waals surface area contributed by atoms with Crippen LogP contribution < -0.4 is 0 Å². The molecular weight excluding hydrogens is 255 g/mol. The predicted molar refractivity (Wildman–Crippen MR) is 55.3 cm³/mol. The third-order valence-electron chi connectivity index (χ3n) is 3.03. The molecule has 6 heteroatoms. The Hall–Kier alpha value is -1.17. The SMILES string of the molecule is CCC(CC)C(O)c1c(F)c(F)c(F)c(F)c1F. The van der Waals surface area contributed by atoms with Crippen molar-refractivity contribution in [3.8, 4) is 0 Å². The second kappa shape index (κ2) is 5.65. The highest BCUT2D eigenvalue weighted by atomic mass is 19.2. The lowest BCUT2D eigenvalue weighted by atomic mass is 9.90. The Kier molecular flexibility index (Phi) is 4.67. The third-order valence-corrected chi connectivity index (χ3v) is 3.03. The van der Waals surface area contributed by atoms with Gasteiger partial charge < -0.3 is 5.11 Å². The number of hydrogen-bond acceptors (Lipinski definition) is 1. The first-order valence-corrected chi connectivity index (χ1v) is 5.56. The Morgan fingerprint density at radius 2 is 1.11 bits per heavy atom. The average Bonchev–Trinajstić information content (AvgIpc) is 2.36. The molecule has 102 valence electrons. The monoisotopic (exact) mass is 268 g/mol. The van der Waals surface area contributed by atoms with Crippen LogP contribution in [-0.2, 0) is 0 Å². The Morgan fingerprint density at radius 3 is 1.44 bits per heavy atom. The third kappa shape index (κ3) is 2.34. The lowest BCUT2D eigenvalue weighted by molar-refractivity contribution is 0.0931. The van der Waals surface area contributed by atoms with Gasteiger partial charge in [-0.2, -0.15) is 0 Å². The second-order valence-corrected chi connectivity index (χ2v) is 4.00. The van der Waals surface area contributed by atoms with Crippen LogP contribution in [0.25, 0.3) is 0 Å². The number of aliphatic hydroxyl groups is 1. The summed E-state index contributed by atoms with van der Waals surface area (Å²) in [4.78, 5) is 0. The van der Waals surface area contributed by atoms with Crippen LogP contribution in [0.3, 0.4) is 0 Å². The van der Waals surface area contributed by atoms with E-state index in [2.05, 4.69) is 0 Å². The minimum absolute atomic E-state index is 0.358. The van der Waals surface area contributed by atoms with Crippen LogP contribution in [0.15, 0.2) is 0 Å². The molecular formula is C12H13F5O. The van der Waals surface area contributed by atoms with E-state index in [9.17, 15) is 27.1 Å². The summed E-state index contributed by atoms with van der Waals surface area (Å²) < 4.78 is 65.6. The Morgan fingerprint density at radius 1 is 0.778 bits per heavy atom. The van der Waals surface area contributed by atoms with Gasteiger partial charge in [-0.25, -0.2) is 22.0 Å². The number of benzene rings is 1. The van der Waals surface area contributed by atoms with Crippen LogP contribution >= 0.6 is 0 Å². The van der Waals surface area contributed by atoms with Crippen LogP contribution in [0.1, 0.15) is 38.4 Å². The van der Waals surface area contributed by atoms with Gasteiger partial charge in [0.05, 0.1) is 11.7 Å². The molecule has 0 aliphatic carbocycles. The smallest absolute Gasteiger partial charge is 0.200 e. The summed E-state index contributed by atoms with van der Waals surface area (Å²) in [6, 6.07) is 0. The molecule has 0 fully saturated rings. The summed E-state index contributed by atoms with van der Waals surface area (Å²) >= 11 is 0. The molecule has 0 aliphatic rings. The molecule has 1 unspecified atom stereocenters. The van der Waals surface area contributed by atoms with E-state index in [-0.39, 0.29) is 0 Å². The summed E-state index contributed by atoms with van der Waals surface area (Å²) in [5.41, 5.74) is -1.15. The van der Waals surface area contributed by atoms with E-state index >= 15 is 0 Å². The summed E-state index contributed by atoms with van der Waals surface area (Å²) in [5, 5.41) is 9.75. The van der Waals surface area contributed by atoms with Crippen molar-refractivity contribution < 1.29 is 27.1 Å². The highest BCUT2D eigenvalue weighted by molar-refractivity contribution is 5.26. The summed E-state index contributed by atoms with van der Waals surface area (Å²) in [6.45, 7) is 3.31. The van der Waals surface area contributed by atoms with Crippen LogP contribution in [0.5, 0.6) is 0 Å². The molecule has 1 nitrogen and oxygen atoms in total. The maximum atomic E-state index is 13.4. The molecule has 0 saturated carbocycles. The Bertz CT molecular complexity index is 414. The van der Waals surface area contributed by atoms with E-state index in [1.54, 1.807) is 13.8 Å². The molecule has 18 heavy (non-hydrogen) atoms. The van der Waals surface area contributed by atoms with Crippen molar-refractivity contribution in [3.63, 3.8) is 0 Å². The number of halogens is 5. The van der Waals surface area contributed by atoms with Crippen molar-refractivity contribution in [2.45, 2.75) is 32.8 Å². The van der Waals surface area contributed by atoms with Crippen LogP contribution in [-0.4, -0.2) is 5.11 Å². The minimum Gasteiger partial charge on any atom is -0.388 e. The maximum absolute atomic E-state index is 13.4. The van der Waals surface area contributed by atoms with Gasteiger partial charge in [-0.1, -0.05) is 26.7 Å². The van der Waals surface area contributed by atoms with Gasteiger partial charge in [0.2, 0.25) is 5.82 Å². The lowest BCUT2D eigenvalue weighted by Gasteiger charge is -2.21. The maximum Gasteiger partial charge on any atom is 0.200 e. The standard InChI is InChI=1S/C12H13F5O/c1-3-5(4-2)12(18)6-7(13)9(15)11(17)10(16)8(6)14/h5,12,18H,3-4H2,1-2H3. The molecule has 0 aromatic heterocycles. The van der Waals surface area contributed by atoms with Crippen molar-refractivity contribution in [1.29, 1.82) is 0 Å². The van der Waals surface area contributed by atoms with Gasteiger partial charge in [-0.3, -0.25) is 0 Å². The topological polar surface area (TPSA) is 20.2 Å². The highest BCUT2D eigenvalue weighted by Crippen LogP contribution is 2.33. The molecule has 1 aromatic rings. The Balaban J connectivity index is 3.41. The number of rotatable bonds is 4. The normalized spacial score (nSPS) is 13.2. The van der Waals surface area contributed by atoms with Gasteiger partial charge >= 0.3 is 0 Å². The molecule has 0 spiro atoms. The summed E-state index contributed by atoms with van der Waals surface area (Å²) in [6.07, 6.45) is -1.00. The molecule has 0 aliphatic heterocycles. The van der Waals surface area contributed by atoms with E-state index in [1.807, 2.05) is 0 Å². The fourth-order valence-corrected chi connectivity index (χ4v) is 1.85. The largest absolute Gasteiger partial charge is 0.388 e. The van der Waals surface area contributed by atoms with Crippen molar-refractivity contribution >= 4 is 0 Å². The average molecular weight is 268 g/mol. The quantitative estimate of drug-likeness (QED) is 0.499. The molecule has 0 heterocycles. The van der Waals surface area contributed by atoms with Gasteiger partial charge in [0.1, 0.15) is 0 Å². The van der Waals surface area contributed by atoms with Crippen LogP contribution in [0.4, 0.5) is 22.0 Å². The first-order chi connectivity index (χ1) is 8.36. The second-order valence-electron chi connectivity index (χ2n) is 4.00. The number of hydrogen-bond donors (Lipinski definition) is 1. The molecule has 0 saturated heterocycles. The van der Waals surface area contributed by atoms with Crippen molar-refractivity contribution in [2.24, 2.45) is 5.92 Å². The van der Waals surface area contributed by atoms with Crippen LogP contribution in [0, 0.1) is 35.0 Å². The molecule has 0 radical (unpaired) electrons. The molecule has 0 bridgehead atoms. The minimum atomic E-state index is -2.22. The van der Waals surface area contributed by atoms with E-state index in [0.29, 0.717) is 12.8 Å². The lowest BCUT2D eigenvalue weighted by Crippen LogP contribution is -2.17. The summed E-state index contributed by atoms with van der Waals surface area (Å²) in [5.74, 6) is -10.8. The molecule has 1 aromatic carbocycles. The zero-order valence-corrected chi connectivity index (χ0v) is 9.91. The van der Waals surface area contributed by atoms with Crippen molar-refractivity contribution in [2.75, 3.05) is 0 Å². The Labute approximate surface area is 101 Å². The number of aliphatic hydroxyl groups excluding tert-OH is 1. The molecule has 1 N–H and O–H groups in total. The van der Waals surface area contributed by atoms with E-state index in [0.717, 1.165) is 0 Å². The first kappa shape index (κ1) is 14.9. The molecule has 1 rings (SSSR count). The zero-order chi connectivity index (χ0) is 14.0.